The van der Waals surface area contributed by atoms with E-state index in [1.54, 1.807) is 24.3 Å². The zero-order valence-electron chi connectivity index (χ0n) is 15.8. The Labute approximate surface area is 165 Å². The van der Waals surface area contributed by atoms with Gasteiger partial charge in [0.1, 0.15) is 6.54 Å². The van der Waals surface area contributed by atoms with E-state index < -0.39 is 10.0 Å². The lowest BCUT2D eigenvalue weighted by atomic mass is 9.99. The summed E-state index contributed by atoms with van der Waals surface area (Å²) in [6.07, 6.45) is 1.05. The van der Waals surface area contributed by atoms with Crippen molar-refractivity contribution < 1.29 is 13.2 Å². The molecule has 0 bridgehead atoms. The summed E-state index contributed by atoms with van der Waals surface area (Å²) in [5, 5.41) is 4.33. The van der Waals surface area contributed by atoms with Gasteiger partial charge in [0, 0.05) is 11.1 Å². The van der Waals surface area contributed by atoms with E-state index in [1.807, 2.05) is 36.4 Å². The maximum Gasteiger partial charge on any atom is 0.265 e. The number of rotatable bonds is 5. The maximum absolute atomic E-state index is 13.0. The van der Waals surface area contributed by atoms with Crippen LogP contribution < -0.4 is 9.62 Å². The first kappa shape index (κ1) is 18.5. The predicted octanol–water partition coefficient (Wildman–Crippen LogP) is 4.50. The number of hydrogen-bond acceptors (Lipinski definition) is 3. The summed E-state index contributed by atoms with van der Waals surface area (Å²) in [4.78, 5) is 12.8. The molecule has 0 aromatic heterocycles. The number of benzene rings is 3. The average molecular weight is 394 g/mol. The van der Waals surface area contributed by atoms with Crippen molar-refractivity contribution in [2.45, 2.75) is 31.1 Å². The van der Waals surface area contributed by atoms with Gasteiger partial charge >= 0.3 is 0 Å². The zero-order valence-corrected chi connectivity index (χ0v) is 16.7. The van der Waals surface area contributed by atoms with E-state index >= 15 is 0 Å². The van der Waals surface area contributed by atoms with Gasteiger partial charge in [0.25, 0.3) is 10.0 Å². The highest BCUT2D eigenvalue weighted by Gasteiger charge is 2.36. The molecule has 0 saturated heterocycles. The van der Waals surface area contributed by atoms with Crippen LogP contribution in [0.4, 0.5) is 11.4 Å². The third-order valence-corrected chi connectivity index (χ3v) is 7.15. The number of carbonyl (C=O) groups excluding carboxylic acids is 1. The van der Waals surface area contributed by atoms with Crippen molar-refractivity contribution in [3.63, 3.8) is 0 Å². The Balaban J connectivity index is 1.56. The summed E-state index contributed by atoms with van der Waals surface area (Å²) in [5.74, 6) is 0.0863. The lowest BCUT2D eigenvalue weighted by Crippen LogP contribution is -2.35. The van der Waals surface area contributed by atoms with Gasteiger partial charge in [0.15, 0.2) is 0 Å². The fraction of sp³-hybridized carbons (Fsp3) is 0.227. The van der Waals surface area contributed by atoms with Crippen LogP contribution in [0.3, 0.4) is 0 Å². The molecule has 1 amide bonds. The van der Waals surface area contributed by atoms with E-state index in [2.05, 4.69) is 19.2 Å². The number of nitrogens with zero attached hydrogens (tertiary/aromatic N) is 1. The molecule has 0 fully saturated rings. The van der Waals surface area contributed by atoms with Crippen LogP contribution in [-0.2, 0) is 14.8 Å². The molecule has 0 unspecified atom stereocenters. The highest BCUT2D eigenvalue weighted by Crippen LogP contribution is 2.41. The first-order valence-corrected chi connectivity index (χ1v) is 10.8. The number of hydrogen-bond donors (Lipinski definition) is 1. The van der Waals surface area contributed by atoms with E-state index in [4.69, 9.17) is 0 Å². The number of anilines is 2. The Kier molecular flexibility index (Phi) is 4.59. The monoisotopic (exact) mass is 394 g/mol. The molecule has 1 N–H and O–H groups in total. The van der Waals surface area contributed by atoms with Crippen molar-refractivity contribution in [1.29, 1.82) is 0 Å². The molecule has 3 aromatic rings. The third-order valence-electron chi connectivity index (χ3n) is 5.34. The zero-order chi connectivity index (χ0) is 19.9. The number of amides is 1. The summed E-state index contributed by atoms with van der Waals surface area (Å²) in [6.45, 7) is 4.03. The lowest BCUT2D eigenvalue weighted by Gasteiger charge is -2.18. The molecule has 1 heterocycles. The molecule has 144 valence electrons. The van der Waals surface area contributed by atoms with Gasteiger partial charge in [-0.3, -0.25) is 9.10 Å². The quantitative estimate of drug-likeness (QED) is 0.693. The van der Waals surface area contributed by atoms with Crippen LogP contribution in [0.15, 0.2) is 65.6 Å². The highest BCUT2D eigenvalue weighted by molar-refractivity contribution is 7.93. The molecule has 6 heteroatoms. The van der Waals surface area contributed by atoms with Gasteiger partial charge in [-0.25, -0.2) is 8.42 Å². The van der Waals surface area contributed by atoms with E-state index in [9.17, 15) is 13.2 Å². The standard InChI is InChI=1S/C22H22N2O3S/c1-3-15(2)16-10-12-18(13-11-16)23-21(25)14-24-19-8-4-6-17-7-5-9-20(22(17)19)28(24,26)27/h4-13,15H,3,14H2,1-2H3,(H,23,25)/t15-/m1/s1. The highest BCUT2D eigenvalue weighted by atomic mass is 32.2. The Morgan fingerprint density at radius 1 is 1.04 bits per heavy atom. The van der Waals surface area contributed by atoms with Gasteiger partial charge in [0.2, 0.25) is 5.91 Å². The second kappa shape index (κ2) is 6.95. The van der Waals surface area contributed by atoms with Gasteiger partial charge in [-0.05, 0) is 47.6 Å². The third kappa shape index (κ3) is 3.03. The van der Waals surface area contributed by atoms with Crippen LogP contribution >= 0.6 is 0 Å². The smallest absolute Gasteiger partial charge is 0.265 e. The van der Waals surface area contributed by atoms with Crippen molar-refractivity contribution in [3.8, 4) is 0 Å². The molecule has 5 nitrogen and oxygen atoms in total. The minimum absolute atomic E-state index is 0.256. The fourth-order valence-electron chi connectivity index (χ4n) is 3.59. The fourth-order valence-corrected chi connectivity index (χ4v) is 5.26. The second-order valence-corrected chi connectivity index (χ2v) is 8.95. The summed E-state index contributed by atoms with van der Waals surface area (Å²) in [7, 11) is -3.73. The van der Waals surface area contributed by atoms with Crippen LogP contribution in [0.5, 0.6) is 0 Å². The van der Waals surface area contributed by atoms with Crippen LogP contribution in [-0.4, -0.2) is 20.9 Å². The van der Waals surface area contributed by atoms with Gasteiger partial charge in [-0.15, -0.1) is 0 Å². The van der Waals surface area contributed by atoms with E-state index in [0.29, 0.717) is 22.7 Å². The molecule has 1 aliphatic rings. The van der Waals surface area contributed by atoms with Crippen molar-refractivity contribution in [1.82, 2.24) is 0 Å². The molecular formula is C22H22N2O3S. The van der Waals surface area contributed by atoms with E-state index in [1.165, 1.54) is 9.87 Å². The molecule has 0 spiro atoms. The average Bonchev–Trinajstić information content (AvgIpc) is 2.91. The van der Waals surface area contributed by atoms with Crippen molar-refractivity contribution >= 4 is 38.1 Å². The minimum atomic E-state index is -3.73. The summed E-state index contributed by atoms with van der Waals surface area (Å²) in [5.41, 5.74) is 2.42. The van der Waals surface area contributed by atoms with Gasteiger partial charge in [-0.2, -0.15) is 0 Å². The molecule has 28 heavy (non-hydrogen) atoms. The van der Waals surface area contributed by atoms with Crippen LogP contribution in [0.2, 0.25) is 0 Å². The lowest BCUT2D eigenvalue weighted by molar-refractivity contribution is -0.114. The second-order valence-electron chi connectivity index (χ2n) is 7.12. The van der Waals surface area contributed by atoms with E-state index in [-0.39, 0.29) is 17.3 Å². The van der Waals surface area contributed by atoms with Gasteiger partial charge in [0.05, 0.1) is 10.6 Å². The number of carbonyl (C=O) groups is 1. The Bertz CT molecular complexity index is 1150. The molecule has 0 aliphatic carbocycles. The molecule has 3 aromatic carbocycles. The van der Waals surface area contributed by atoms with Crippen molar-refractivity contribution in [2.24, 2.45) is 0 Å². The SMILES string of the molecule is CC[C@@H](C)c1ccc(NC(=O)CN2c3cccc4cccc(c34)S2(=O)=O)cc1. The molecule has 1 aliphatic heterocycles. The molecule has 0 saturated carbocycles. The maximum atomic E-state index is 13.0. The number of nitrogens with one attached hydrogen (secondary N) is 1. The Hall–Kier alpha value is -2.86. The van der Waals surface area contributed by atoms with Crippen molar-refractivity contribution in [3.05, 3.63) is 66.2 Å². The normalized spacial score (nSPS) is 15.6. The van der Waals surface area contributed by atoms with Gasteiger partial charge < -0.3 is 5.32 Å². The Morgan fingerprint density at radius 2 is 1.71 bits per heavy atom. The van der Waals surface area contributed by atoms with Crippen molar-refractivity contribution in [2.75, 3.05) is 16.2 Å². The molecule has 0 radical (unpaired) electrons. The predicted molar refractivity (Wildman–Crippen MR) is 112 cm³/mol. The summed E-state index contributed by atoms with van der Waals surface area (Å²) >= 11 is 0. The van der Waals surface area contributed by atoms with Gasteiger partial charge in [-0.1, -0.05) is 50.2 Å². The topological polar surface area (TPSA) is 66.5 Å². The molecular weight excluding hydrogens is 372 g/mol. The summed E-state index contributed by atoms with van der Waals surface area (Å²) in [6, 6.07) is 18.3. The largest absolute Gasteiger partial charge is 0.325 e. The first-order valence-electron chi connectivity index (χ1n) is 9.36. The minimum Gasteiger partial charge on any atom is -0.325 e. The summed E-state index contributed by atoms with van der Waals surface area (Å²) < 4.78 is 27.1. The van der Waals surface area contributed by atoms with Crippen LogP contribution in [0, 0.1) is 0 Å². The van der Waals surface area contributed by atoms with Crippen LogP contribution in [0.25, 0.3) is 10.8 Å². The molecule has 4 rings (SSSR count). The number of sulfonamides is 1. The Morgan fingerprint density at radius 3 is 2.39 bits per heavy atom. The van der Waals surface area contributed by atoms with E-state index in [0.717, 1.165) is 11.8 Å². The van der Waals surface area contributed by atoms with Crippen LogP contribution in [0.1, 0.15) is 31.7 Å². The molecule has 1 atom stereocenters. The first-order chi connectivity index (χ1) is 13.4.